The summed E-state index contributed by atoms with van der Waals surface area (Å²) in [5.74, 6) is 1.46. The van der Waals surface area contributed by atoms with Crippen LogP contribution in [0.1, 0.15) is 44.7 Å². The summed E-state index contributed by atoms with van der Waals surface area (Å²) < 4.78 is 11.6. The summed E-state index contributed by atoms with van der Waals surface area (Å²) in [5, 5.41) is 16.1. The minimum Gasteiger partial charge on any atom is -0.490 e. The predicted octanol–water partition coefficient (Wildman–Crippen LogP) is 3.91. The Balaban J connectivity index is 1.56. The van der Waals surface area contributed by atoms with Gasteiger partial charge in [-0.3, -0.25) is 5.41 Å². The Hall–Kier alpha value is -2.14. The fourth-order valence-corrected chi connectivity index (χ4v) is 3.31. The van der Waals surface area contributed by atoms with E-state index in [0.29, 0.717) is 24.8 Å². The van der Waals surface area contributed by atoms with E-state index in [-0.39, 0.29) is 6.10 Å². The van der Waals surface area contributed by atoms with Crippen LogP contribution in [0, 0.1) is 10.8 Å². The van der Waals surface area contributed by atoms with Crippen molar-refractivity contribution in [2.75, 3.05) is 13.1 Å². The van der Waals surface area contributed by atoms with E-state index in [1.165, 1.54) is 11.1 Å². The van der Waals surface area contributed by atoms with Crippen molar-refractivity contribution in [1.82, 2.24) is 4.90 Å². The molecular formula is C20H27N3O2. The van der Waals surface area contributed by atoms with Gasteiger partial charge in [0.15, 0.2) is 0 Å². The Morgan fingerprint density at radius 3 is 2.40 bits per heavy atom. The van der Waals surface area contributed by atoms with E-state index in [4.69, 9.17) is 20.3 Å². The van der Waals surface area contributed by atoms with E-state index in [0.717, 1.165) is 42.8 Å². The largest absolute Gasteiger partial charge is 0.490 e. The van der Waals surface area contributed by atoms with Crippen molar-refractivity contribution in [3.05, 3.63) is 40.5 Å². The molecule has 2 N–H and O–H groups in total. The Morgan fingerprint density at radius 2 is 1.72 bits per heavy atom. The average Bonchev–Trinajstić information content (AvgIpc) is 3.08. The molecule has 134 valence electrons. The number of hydrogen-bond donors (Lipinski definition) is 2. The van der Waals surface area contributed by atoms with Crippen LogP contribution in [0.4, 0.5) is 0 Å². The number of fused-ring (bicyclic) bond motifs is 1. The summed E-state index contributed by atoms with van der Waals surface area (Å²) in [7, 11) is 0. The van der Waals surface area contributed by atoms with Gasteiger partial charge in [-0.25, -0.2) is 0 Å². The van der Waals surface area contributed by atoms with Crippen LogP contribution in [0.3, 0.4) is 0 Å². The van der Waals surface area contributed by atoms with Crippen molar-refractivity contribution in [2.24, 2.45) is 0 Å². The van der Waals surface area contributed by atoms with Crippen molar-refractivity contribution in [1.29, 1.82) is 10.8 Å². The van der Waals surface area contributed by atoms with Crippen LogP contribution < -0.4 is 4.74 Å². The summed E-state index contributed by atoms with van der Waals surface area (Å²) in [5.41, 5.74) is 4.81. The van der Waals surface area contributed by atoms with Crippen LogP contribution in [-0.2, 0) is 18.0 Å². The highest BCUT2D eigenvalue weighted by atomic mass is 16.5. The molecule has 3 rings (SSSR count). The molecule has 0 atom stereocenters. The third-order valence-corrected chi connectivity index (χ3v) is 5.23. The molecule has 0 radical (unpaired) electrons. The summed E-state index contributed by atoms with van der Waals surface area (Å²) >= 11 is 0. The lowest BCUT2D eigenvalue weighted by atomic mass is 10.0. The van der Waals surface area contributed by atoms with Crippen molar-refractivity contribution in [2.45, 2.75) is 52.9 Å². The normalized spacial score (nSPS) is 18.6. The van der Waals surface area contributed by atoms with E-state index in [1.807, 2.05) is 19.9 Å². The van der Waals surface area contributed by atoms with Gasteiger partial charge in [-0.1, -0.05) is 6.07 Å². The highest BCUT2D eigenvalue weighted by Gasteiger charge is 2.24. The van der Waals surface area contributed by atoms with Gasteiger partial charge in [-0.05, 0) is 55.2 Å². The highest BCUT2D eigenvalue weighted by molar-refractivity contribution is 6.06. The molecule has 0 unspecified atom stereocenters. The number of rotatable bonds is 4. The molecule has 2 heterocycles. The number of benzene rings is 1. The second kappa shape index (κ2) is 7.40. The average molecular weight is 341 g/mol. The van der Waals surface area contributed by atoms with Crippen LogP contribution in [0.15, 0.2) is 29.3 Å². The SMILES string of the molecule is CC(=N)/C(C)=C(/C)C(=N)N1CCC(Oc2ccc3c(c2)COC3)CC1. The number of piperidine rings is 1. The fraction of sp³-hybridized carbons (Fsp3) is 0.500. The molecule has 0 bridgehead atoms. The monoisotopic (exact) mass is 341 g/mol. The molecule has 5 heteroatoms. The Labute approximate surface area is 149 Å². The maximum atomic E-state index is 8.40. The molecule has 0 aromatic heterocycles. The number of hydrogen-bond acceptors (Lipinski definition) is 4. The minimum atomic E-state index is 0.194. The zero-order chi connectivity index (χ0) is 18.0. The first-order valence-corrected chi connectivity index (χ1v) is 8.88. The van der Waals surface area contributed by atoms with Crippen molar-refractivity contribution < 1.29 is 9.47 Å². The molecule has 2 aliphatic rings. The minimum absolute atomic E-state index is 0.194. The van der Waals surface area contributed by atoms with Crippen LogP contribution in [-0.4, -0.2) is 35.6 Å². The number of ether oxygens (including phenoxy) is 2. The number of likely N-dealkylation sites (tertiary alicyclic amines) is 1. The third-order valence-electron chi connectivity index (χ3n) is 5.23. The number of nitrogens with one attached hydrogen (secondary N) is 2. The van der Waals surface area contributed by atoms with E-state index in [2.05, 4.69) is 17.0 Å². The van der Waals surface area contributed by atoms with Gasteiger partial charge in [0.2, 0.25) is 0 Å². The molecule has 0 aliphatic carbocycles. The Kier molecular flexibility index (Phi) is 5.23. The lowest BCUT2D eigenvalue weighted by molar-refractivity contribution is 0.129. The van der Waals surface area contributed by atoms with E-state index in [9.17, 15) is 0 Å². The summed E-state index contributed by atoms with van der Waals surface area (Å²) in [6.45, 7) is 8.65. The van der Waals surface area contributed by atoms with Gasteiger partial charge in [0.1, 0.15) is 17.7 Å². The van der Waals surface area contributed by atoms with Crippen LogP contribution in [0.5, 0.6) is 5.75 Å². The lowest BCUT2D eigenvalue weighted by Crippen LogP contribution is -2.42. The maximum Gasteiger partial charge on any atom is 0.123 e. The van der Waals surface area contributed by atoms with Crippen LogP contribution in [0.2, 0.25) is 0 Å². The van der Waals surface area contributed by atoms with Crippen LogP contribution in [0.25, 0.3) is 0 Å². The highest BCUT2D eigenvalue weighted by Crippen LogP contribution is 2.27. The van der Waals surface area contributed by atoms with Gasteiger partial charge in [0.05, 0.1) is 13.2 Å². The second-order valence-corrected chi connectivity index (χ2v) is 6.95. The summed E-state index contributed by atoms with van der Waals surface area (Å²) in [6.07, 6.45) is 2.01. The van der Waals surface area contributed by atoms with Gasteiger partial charge in [-0.2, -0.15) is 0 Å². The molecular weight excluding hydrogens is 314 g/mol. The summed E-state index contributed by atoms with van der Waals surface area (Å²) in [6, 6.07) is 6.23. The first kappa shape index (κ1) is 17.7. The number of allylic oxidation sites excluding steroid dienone is 1. The Morgan fingerprint density at radius 1 is 1.04 bits per heavy atom. The van der Waals surface area contributed by atoms with Gasteiger partial charge in [0.25, 0.3) is 0 Å². The molecule has 25 heavy (non-hydrogen) atoms. The van der Waals surface area contributed by atoms with E-state index >= 15 is 0 Å². The Bertz CT molecular complexity index is 716. The zero-order valence-corrected chi connectivity index (χ0v) is 15.3. The second-order valence-electron chi connectivity index (χ2n) is 6.95. The van der Waals surface area contributed by atoms with E-state index in [1.54, 1.807) is 6.92 Å². The van der Waals surface area contributed by atoms with Crippen molar-refractivity contribution in [3.63, 3.8) is 0 Å². The fourth-order valence-electron chi connectivity index (χ4n) is 3.31. The predicted molar refractivity (Wildman–Crippen MR) is 99.7 cm³/mol. The molecule has 1 saturated heterocycles. The molecule has 1 aromatic carbocycles. The third kappa shape index (κ3) is 3.93. The lowest BCUT2D eigenvalue weighted by Gasteiger charge is -2.34. The molecule has 0 saturated carbocycles. The quantitative estimate of drug-likeness (QED) is 0.644. The maximum absolute atomic E-state index is 8.40. The molecule has 5 nitrogen and oxygen atoms in total. The number of amidine groups is 1. The zero-order valence-electron chi connectivity index (χ0n) is 15.3. The van der Waals surface area contributed by atoms with Gasteiger partial charge in [-0.15, -0.1) is 0 Å². The van der Waals surface area contributed by atoms with Crippen molar-refractivity contribution in [3.8, 4) is 5.75 Å². The molecule has 1 aromatic rings. The number of nitrogens with zero attached hydrogens (tertiary/aromatic N) is 1. The standard InChI is InChI=1S/C20H27N3O2/c1-13(15(3)21)14(2)20(22)23-8-6-18(7-9-23)25-19-5-4-16-11-24-12-17(16)10-19/h4-5,10,18,21-22H,6-9,11-12H2,1-3H3/b14-13-,21-15?,22-20?. The smallest absolute Gasteiger partial charge is 0.123 e. The topological polar surface area (TPSA) is 69.4 Å². The van der Waals surface area contributed by atoms with Crippen molar-refractivity contribution >= 4 is 11.5 Å². The van der Waals surface area contributed by atoms with Gasteiger partial charge in [0, 0.05) is 31.6 Å². The van der Waals surface area contributed by atoms with Gasteiger partial charge >= 0.3 is 0 Å². The molecule has 0 amide bonds. The molecule has 0 spiro atoms. The van der Waals surface area contributed by atoms with Gasteiger partial charge < -0.3 is 19.8 Å². The van der Waals surface area contributed by atoms with Crippen LogP contribution >= 0.6 is 0 Å². The first-order valence-electron chi connectivity index (χ1n) is 8.88. The molecule has 1 fully saturated rings. The summed E-state index contributed by atoms with van der Waals surface area (Å²) in [4.78, 5) is 2.10. The molecule has 2 aliphatic heterocycles. The first-order chi connectivity index (χ1) is 12.0. The van der Waals surface area contributed by atoms with E-state index < -0.39 is 0 Å².